The van der Waals surface area contributed by atoms with Gasteiger partial charge in [0.15, 0.2) is 0 Å². The number of rotatable bonds is 2. The number of nitrogens with zero attached hydrogens (tertiary/aromatic N) is 2. The maximum atomic E-state index is 8.48. The Morgan fingerprint density at radius 3 is 2.55 bits per heavy atom. The van der Waals surface area contributed by atoms with Crippen LogP contribution >= 0.6 is 0 Å². The van der Waals surface area contributed by atoms with Gasteiger partial charge in [-0.3, -0.25) is 4.90 Å². The zero-order valence-corrected chi connectivity index (χ0v) is 7.21. The van der Waals surface area contributed by atoms with Gasteiger partial charge >= 0.3 is 0 Å². The molecule has 1 saturated carbocycles. The summed E-state index contributed by atoms with van der Waals surface area (Å²) < 4.78 is 0. The molecule has 0 aliphatic heterocycles. The topological polar surface area (TPSA) is 27.0 Å². The van der Waals surface area contributed by atoms with Crippen molar-refractivity contribution in [3.8, 4) is 6.07 Å². The van der Waals surface area contributed by atoms with E-state index in [4.69, 9.17) is 5.26 Å². The van der Waals surface area contributed by atoms with Crippen LogP contribution in [0.4, 0.5) is 0 Å². The molecule has 0 N–H and O–H groups in total. The minimum atomic E-state index is 0.588. The first-order chi connectivity index (χ1) is 5.34. The molecule has 0 aromatic rings. The molecule has 1 fully saturated rings. The number of nitriles is 1. The average Bonchev–Trinajstić information content (AvgIpc) is 2.07. The Morgan fingerprint density at radius 2 is 2.00 bits per heavy atom. The molecule has 0 bridgehead atoms. The highest BCUT2D eigenvalue weighted by Crippen LogP contribution is 2.20. The minimum absolute atomic E-state index is 0.588. The fourth-order valence-corrected chi connectivity index (χ4v) is 1.76. The van der Waals surface area contributed by atoms with Crippen LogP contribution in [0.15, 0.2) is 0 Å². The van der Waals surface area contributed by atoms with Gasteiger partial charge in [-0.15, -0.1) is 0 Å². The van der Waals surface area contributed by atoms with Crippen LogP contribution in [0.1, 0.15) is 32.1 Å². The molecule has 0 aromatic carbocycles. The Bertz CT molecular complexity index is 142. The van der Waals surface area contributed by atoms with Gasteiger partial charge in [0, 0.05) is 6.04 Å². The second-order valence-corrected chi connectivity index (χ2v) is 3.37. The molecule has 0 aromatic heterocycles. The quantitative estimate of drug-likeness (QED) is 0.564. The molecule has 62 valence electrons. The predicted molar refractivity (Wildman–Crippen MR) is 45.1 cm³/mol. The largest absolute Gasteiger partial charge is 0.291 e. The maximum absolute atomic E-state index is 8.48. The maximum Gasteiger partial charge on any atom is 0.0865 e. The van der Waals surface area contributed by atoms with Crippen LogP contribution in [0.25, 0.3) is 0 Å². The van der Waals surface area contributed by atoms with E-state index < -0.39 is 0 Å². The highest BCUT2D eigenvalue weighted by atomic mass is 15.1. The molecule has 0 heterocycles. The van der Waals surface area contributed by atoms with Crippen molar-refractivity contribution >= 4 is 0 Å². The van der Waals surface area contributed by atoms with Gasteiger partial charge in [-0.1, -0.05) is 19.3 Å². The second kappa shape index (κ2) is 4.35. The van der Waals surface area contributed by atoms with Crippen LogP contribution < -0.4 is 0 Å². The van der Waals surface area contributed by atoms with Crippen LogP contribution in [0.3, 0.4) is 0 Å². The van der Waals surface area contributed by atoms with Crippen LogP contribution in [-0.4, -0.2) is 24.5 Å². The van der Waals surface area contributed by atoms with Gasteiger partial charge in [-0.25, -0.2) is 0 Å². The van der Waals surface area contributed by atoms with E-state index in [2.05, 4.69) is 18.0 Å². The number of hydrogen-bond acceptors (Lipinski definition) is 2. The van der Waals surface area contributed by atoms with Crippen molar-refractivity contribution < 1.29 is 0 Å². The molecule has 11 heavy (non-hydrogen) atoms. The summed E-state index contributed by atoms with van der Waals surface area (Å²) in [5, 5.41) is 8.48. The smallest absolute Gasteiger partial charge is 0.0865 e. The van der Waals surface area contributed by atoms with Crippen molar-refractivity contribution in [2.75, 3.05) is 13.6 Å². The van der Waals surface area contributed by atoms with Crippen molar-refractivity contribution in [2.45, 2.75) is 38.1 Å². The van der Waals surface area contributed by atoms with Gasteiger partial charge in [0.05, 0.1) is 12.6 Å². The highest BCUT2D eigenvalue weighted by Gasteiger charge is 2.16. The Kier molecular flexibility index (Phi) is 3.38. The molecule has 2 heteroatoms. The number of hydrogen-bond donors (Lipinski definition) is 0. The summed E-state index contributed by atoms with van der Waals surface area (Å²) in [6.45, 7) is 0.588. The summed E-state index contributed by atoms with van der Waals surface area (Å²) in [7, 11) is 2.05. The molecular formula is C9H16N2. The van der Waals surface area contributed by atoms with E-state index in [1.54, 1.807) is 0 Å². The minimum Gasteiger partial charge on any atom is -0.291 e. The van der Waals surface area contributed by atoms with Crippen molar-refractivity contribution in [1.82, 2.24) is 4.90 Å². The lowest BCUT2D eigenvalue weighted by molar-refractivity contribution is 0.211. The second-order valence-electron chi connectivity index (χ2n) is 3.37. The molecule has 0 atom stereocenters. The van der Waals surface area contributed by atoms with Gasteiger partial charge in [-0.2, -0.15) is 5.26 Å². The first-order valence-electron chi connectivity index (χ1n) is 4.42. The van der Waals surface area contributed by atoms with E-state index in [1.165, 1.54) is 32.1 Å². The van der Waals surface area contributed by atoms with E-state index in [0.29, 0.717) is 12.6 Å². The lowest BCUT2D eigenvalue weighted by Crippen LogP contribution is -2.33. The lowest BCUT2D eigenvalue weighted by atomic mass is 9.94. The van der Waals surface area contributed by atoms with Crippen LogP contribution in [0, 0.1) is 11.3 Å². The van der Waals surface area contributed by atoms with E-state index in [1.807, 2.05) is 0 Å². The van der Waals surface area contributed by atoms with Crippen molar-refractivity contribution in [2.24, 2.45) is 0 Å². The van der Waals surface area contributed by atoms with E-state index >= 15 is 0 Å². The summed E-state index contributed by atoms with van der Waals surface area (Å²) in [5.41, 5.74) is 0. The van der Waals surface area contributed by atoms with E-state index in [0.717, 1.165) is 0 Å². The van der Waals surface area contributed by atoms with Crippen molar-refractivity contribution in [3.63, 3.8) is 0 Å². The lowest BCUT2D eigenvalue weighted by Gasteiger charge is -2.29. The van der Waals surface area contributed by atoms with Crippen LogP contribution in [-0.2, 0) is 0 Å². The fraction of sp³-hybridized carbons (Fsp3) is 0.889. The van der Waals surface area contributed by atoms with E-state index in [9.17, 15) is 0 Å². The summed E-state index contributed by atoms with van der Waals surface area (Å²) in [6, 6.07) is 2.87. The molecule has 0 unspecified atom stereocenters. The molecule has 2 nitrogen and oxygen atoms in total. The van der Waals surface area contributed by atoms with Crippen molar-refractivity contribution in [1.29, 1.82) is 5.26 Å². The van der Waals surface area contributed by atoms with Crippen LogP contribution in [0.2, 0.25) is 0 Å². The molecular weight excluding hydrogens is 136 g/mol. The van der Waals surface area contributed by atoms with E-state index in [-0.39, 0.29) is 0 Å². The Balaban J connectivity index is 2.27. The molecule has 0 spiro atoms. The van der Waals surface area contributed by atoms with Gasteiger partial charge in [-0.05, 0) is 19.9 Å². The summed E-state index contributed by atoms with van der Waals surface area (Å²) in [5.74, 6) is 0. The highest BCUT2D eigenvalue weighted by molar-refractivity contribution is 4.81. The zero-order valence-electron chi connectivity index (χ0n) is 7.21. The summed E-state index contributed by atoms with van der Waals surface area (Å²) in [6.07, 6.45) is 6.66. The summed E-state index contributed by atoms with van der Waals surface area (Å²) in [4.78, 5) is 2.18. The molecule has 0 saturated heterocycles. The first-order valence-corrected chi connectivity index (χ1v) is 4.42. The Labute approximate surface area is 68.8 Å². The standard InChI is InChI=1S/C9H16N2/c1-11(8-7-10)9-5-3-2-4-6-9/h9H,2-6,8H2,1H3. The molecule has 1 aliphatic carbocycles. The molecule has 0 amide bonds. The SMILES string of the molecule is CN(CC#N)C1CCCCC1. The van der Waals surface area contributed by atoms with Gasteiger partial charge < -0.3 is 0 Å². The summed E-state index contributed by atoms with van der Waals surface area (Å²) >= 11 is 0. The van der Waals surface area contributed by atoms with Crippen LogP contribution in [0.5, 0.6) is 0 Å². The zero-order chi connectivity index (χ0) is 8.10. The van der Waals surface area contributed by atoms with Gasteiger partial charge in [0.1, 0.15) is 0 Å². The van der Waals surface area contributed by atoms with Gasteiger partial charge in [0.2, 0.25) is 0 Å². The monoisotopic (exact) mass is 152 g/mol. The average molecular weight is 152 g/mol. The molecule has 1 aliphatic rings. The van der Waals surface area contributed by atoms with Crippen molar-refractivity contribution in [3.05, 3.63) is 0 Å². The first kappa shape index (κ1) is 8.55. The van der Waals surface area contributed by atoms with Gasteiger partial charge in [0.25, 0.3) is 0 Å². The Morgan fingerprint density at radius 1 is 1.36 bits per heavy atom. The predicted octanol–water partition coefficient (Wildman–Crippen LogP) is 1.77. The third kappa shape index (κ3) is 2.51. The Hall–Kier alpha value is -0.550. The third-order valence-electron chi connectivity index (χ3n) is 2.52. The normalized spacial score (nSPS) is 20.1. The molecule has 1 rings (SSSR count). The molecule has 0 radical (unpaired) electrons. The fourth-order valence-electron chi connectivity index (χ4n) is 1.76. The third-order valence-corrected chi connectivity index (χ3v) is 2.52.